The zero-order valence-corrected chi connectivity index (χ0v) is 12.0. The molecule has 0 radical (unpaired) electrons. The monoisotopic (exact) mass is 285 g/mol. The molecule has 0 bridgehead atoms. The van der Waals surface area contributed by atoms with Crippen LogP contribution in [0.25, 0.3) is 16.9 Å². The van der Waals surface area contributed by atoms with Crippen LogP contribution < -0.4 is 5.73 Å². The molecule has 5 nitrogen and oxygen atoms in total. The molecule has 0 aliphatic carbocycles. The van der Waals surface area contributed by atoms with Crippen molar-refractivity contribution in [1.82, 2.24) is 19.6 Å². The van der Waals surface area contributed by atoms with Gasteiger partial charge in [-0.05, 0) is 37.6 Å². The van der Waals surface area contributed by atoms with E-state index >= 15 is 0 Å². The van der Waals surface area contributed by atoms with E-state index in [0.29, 0.717) is 17.2 Å². The Labute approximate surface area is 121 Å². The van der Waals surface area contributed by atoms with E-state index in [1.165, 1.54) is 12.1 Å². The quantitative estimate of drug-likeness (QED) is 0.803. The number of aromatic nitrogens is 4. The van der Waals surface area contributed by atoms with E-state index < -0.39 is 0 Å². The number of nitrogens with two attached hydrogens (primary N) is 1. The lowest BCUT2D eigenvalue weighted by atomic mass is 10.1. The fourth-order valence-electron chi connectivity index (χ4n) is 2.32. The smallest absolute Gasteiger partial charge is 0.198 e. The van der Waals surface area contributed by atoms with Crippen molar-refractivity contribution in [3.8, 4) is 11.3 Å². The van der Waals surface area contributed by atoms with Crippen LogP contribution >= 0.6 is 0 Å². The number of nitrogens with zero attached hydrogens (tertiary/aromatic N) is 4. The molecule has 0 fully saturated rings. The molecule has 108 valence electrons. The Bertz CT molecular complexity index is 792. The van der Waals surface area contributed by atoms with Gasteiger partial charge >= 0.3 is 0 Å². The maximum atomic E-state index is 13.1. The third kappa shape index (κ3) is 2.33. The first kappa shape index (κ1) is 13.5. The van der Waals surface area contributed by atoms with E-state index in [1.807, 2.05) is 6.92 Å². The van der Waals surface area contributed by atoms with Crippen LogP contribution in [0, 0.1) is 12.7 Å². The molecule has 0 amide bonds. The second-order valence-corrected chi connectivity index (χ2v) is 4.95. The van der Waals surface area contributed by atoms with Crippen molar-refractivity contribution in [2.24, 2.45) is 0 Å². The Kier molecular flexibility index (Phi) is 3.29. The summed E-state index contributed by atoms with van der Waals surface area (Å²) in [5.74, 6) is 0.802. The average Bonchev–Trinajstić information content (AvgIpc) is 2.89. The van der Waals surface area contributed by atoms with Gasteiger partial charge in [-0.2, -0.15) is 5.10 Å². The number of rotatable bonds is 3. The highest BCUT2D eigenvalue weighted by Gasteiger charge is 2.14. The first-order chi connectivity index (χ1) is 10.1. The van der Waals surface area contributed by atoms with E-state index in [0.717, 1.165) is 29.9 Å². The highest BCUT2D eigenvalue weighted by molar-refractivity contribution is 5.69. The highest BCUT2D eigenvalue weighted by Crippen LogP contribution is 2.24. The highest BCUT2D eigenvalue weighted by atomic mass is 19.1. The zero-order chi connectivity index (χ0) is 15.0. The van der Waals surface area contributed by atoms with E-state index in [1.54, 1.807) is 16.6 Å². The summed E-state index contributed by atoms with van der Waals surface area (Å²) in [4.78, 5) is 8.82. The molecule has 3 rings (SSSR count). The summed E-state index contributed by atoms with van der Waals surface area (Å²) < 4.78 is 14.8. The van der Waals surface area contributed by atoms with Gasteiger partial charge in [0.25, 0.3) is 0 Å². The van der Waals surface area contributed by atoms with Crippen LogP contribution in [0.15, 0.2) is 24.3 Å². The minimum Gasteiger partial charge on any atom is -0.381 e. The summed E-state index contributed by atoms with van der Waals surface area (Å²) in [5.41, 5.74) is 8.89. The van der Waals surface area contributed by atoms with Crippen LogP contribution in [0.4, 0.5) is 10.2 Å². The van der Waals surface area contributed by atoms with Crippen LogP contribution in [0.3, 0.4) is 0 Å². The predicted molar refractivity (Wildman–Crippen MR) is 79.3 cm³/mol. The van der Waals surface area contributed by atoms with Crippen molar-refractivity contribution in [3.63, 3.8) is 0 Å². The van der Waals surface area contributed by atoms with E-state index in [4.69, 9.17) is 5.73 Å². The number of fused-ring (bicyclic) bond motifs is 1. The van der Waals surface area contributed by atoms with Gasteiger partial charge in [0.2, 0.25) is 0 Å². The van der Waals surface area contributed by atoms with Crippen molar-refractivity contribution in [1.29, 1.82) is 0 Å². The van der Waals surface area contributed by atoms with Crippen molar-refractivity contribution < 1.29 is 4.39 Å². The number of benzene rings is 1. The molecule has 0 atom stereocenters. The first-order valence-electron chi connectivity index (χ1n) is 6.87. The Morgan fingerprint density at radius 3 is 2.57 bits per heavy atom. The van der Waals surface area contributed by atoms with Gasteiger partial charge in [-0.15, -0.1) is 0 Å². The van der Waals surface area contributed by atoms with Crippen molar-refractivity contribution in [3.05, 3.63) is 41.6 Å². The Balaban J connectivity index is 2.20. The molecular weight excluding hydrogens is 269 g/mol. The fraction of sp³-hybridized carbons (Fsp3) is 0.267. The largest absolute Gasteiger partial charge is 0.381 e. The van der Waals surface area contributed by atoms with Gasteiger partial charge in [0, 0.05) is 12.0 Å². The van der Waals surface area contributed by atoms with Gasteiger partial charge in [-0.25, -0.2) is 18.9 Å². The molecule has 2 aromatic heterocycles. The summed E-state index contributed by atoms with van der Waals surface area (Å²) in [5, 5.41) is 4.48. The summed E-state index contributed by atoms with van der Waals surface area (Å²) in [7, 11) is 0. The molecule has 2 N–H and O–H groups in total. The number of nitrogen functional groups attached to an aromatic ring is 1. The van der Waals surface area contributed by atoms with Crippen LogP contribution in [-0.4, -0.2) is 19.6 Å². The van der Waals surface area contributed by atoms with Crippen molar-refractivity contribution >= 4 is 11.5 Å². The maximum absolute atomic E-state index is 13.1. The Hall–Kier alpha value is -2.50. The van der Waals surface area contributed by atoms with E-state index in [-0.39, 0.29) is 5.82 Å². The lowest BCUT2D eigenvalue weighted by Gasteiger charge is -2.08. The standard InChI is InChI=1S/C15H16FN5/c1-3-4-12-18-15-14(17)19-13(9(2)21(15)20-12)10-5-7-11(16)8-6-10/h5-8H,3-4H2,1-2H3,(H2,17,19). The number of hydrogen-bond donors (Lipinski definition) is 1. The summed E-state index contributed by atoms with van der Waals surface area (Å²) in [6, 6.07) is 6.17. The minimum absolute atomic E-state index is 0.281. The number of halogens is 1. The normalized spacial score (nSPS) is 11.2. The maximum Gasteiger partial charge on any atom is 0.198 e. The SMILES string of the molecule is CCCc1nc2c(N)nc(-c3ccc(F)cc3)c(C)n2n1. The average molecular weight is 285 g/mol. The minimum atomic E-state index is -0.281. The zero-order valence-electron chi connectivity index (χ0n) is 12.0. The van der Waals surface area contributed by atoms with Crippen LogP contribution in [0.2, 0.25) is 0 Å². The molecular formula is C15H16FN5. The van der Waals surface area contributed by atoms with Crippen molar-refractivity contribution in [2.75, 3.05) is 5.73 Å². The summed E-state index contributed by atoms with van der Waals surface area (Å²) >= 11 is 0. The molecule has 21 heavy (non-hydrogen) atoms. The Morgan fingerprint density at radius 1 is 1.19 bits per heavy atom. The topological polar surface area (TPSA) is 69.1 Å². The Morgan fingerprint density at radius 2 is 1.90 bits per heavy atom. The molecule has 0 aliphatic rings. The van der Waals surface area contributed by atoms with Crippen LogP contribution in [0.1, 0.15) is 24.9 Å². The second kappa shape index (κ2) is 5.12. The summed E-state index contributed by atoms with van der Waals surface area (Å²) in [6.07, 6.45) is 1.76. The van der Waals surface area contributed by atoms with Crippen LogP contribution in [-0.2, 0) is 6.42 Å². The number of anilines is 1. The molecule has 3 aromatic rings. The van der Waals surface area contributed by atoms with Gasteiger partial charge in [0.1, 0.15) is 5.82 Å². The van der Waals surface area contributed by atoms with Gasteiger partial charge in [0.05, 0.1) is 11.4 Å². The molecule has 2 heterocycles. The van der Waals surface area contributed by atoms with Gasteiger partial charge in [0.15, 0.2) is 17.3 Å². The number of hydrogen-bond acceptors (Lipinski definition) is 4. The summed E-state index contributed by atoms with van der Waals surface area (Å²) in [6.45, 7) is 3.98. The molecule has 0 saturated carbocycles. The van der Waals surface area contributed by atoms with Crippen LogP contribution in [0.5, 0.6) is 0 Å². The van der Waals surface area contributed by atoms with Gasteiger partial charge in [-0.1, -0.05) is 6.92 Å². The lowest BCUT2D eigenvalue weighted by molar-refractivity contribution is 0.628. The van der Waals surface area contributed by atoms with Crippen molar-refractivity contribution in [2.45, 2.75) is 26.7 Å². The molecule has 1 aromatic carbocycles. The fourth-order valence-corrected chi connectivity index (χ4v) is 2.32. The van der Waals surface area contributed by atoms with E-state index in [9.17, 15) is 4.39 Å². The third-order valence-electron chi connectivity index (χ3n) is 3.36. The molecule has 0 unspecified atom stereocenters. The predicted octanol–water partition coefficient (Wildman–Crippen LogP) is 2.77. The molecule has 0 aliphatic heterocycles. The molecule has 0 spiro atoms. The third-order valence-corrected chi connectivity index (χ3v) is 3.36. The molecule has 0 saturated heterocycles. The molecule has 6 heteroatoms. The van der Waals surface area contributed by atoms with Gasteiger partial charge in [-0.3, -0.25) is 0 Å². The lowest BCUT2D eigenvalue weighted by Crippen LogP contribution is -2.04. The number of aryl methyl sites for hydroxylation is 2. The second-order valence-electron chi connectivity index (χ2n) is 4.95. The van der Waals surface area contributed by atoms with E-state index in [2.05, 4.69) is 22.0 Å². The van der Waals surface area contributed by atoms with Gasteiger partial charge < -0.3 is 5.73 Å². The first-order valence-corrected chi connectivity index (χ1v) is 6.87.